The van der Waals surface area contributed by atoms with Crippen LogP contribution in [0.4, 0.5) is 0 Å². The maximum atomic E-state index is 12.7. The third kappa shape index (κ3) is 4.20. The van der Waals surface area contributed by atoms with Gasteiger partial charge >= 0.3 is 0 Å². The molecule has 1 aromatic rings. The van der Waals surface area contributed by atoms with Gasteiger partial charge in [0, 0.05) is 23.6 Å². The van der Waals surface area contributed by atoms with Gasteiger partial charge in [0.05, 0.1) is 4.90 Å². The Morgan fingerprint density at radius 2 is 1.90 bits per heavy atom. The molecule has 1 aliphatic rings. The van der Waals surface area contributed by atoms with Crippen molar-refractivity contribution in [1.82, 2.24) is 4.31 Å². The number of rotatable bonds is 3. The Hall–Kier alpha value is -0.140. The molecule has 0 spiro atoms. The molecule has 1 unspecified atom stereocenters. The van der Waals surface area contributed by atoms with Crippen LogP contribution in [0.2, 0.25) is 0 Å². The van der Waals surface area contributed by atoms with Crippen LogP contribution in [-0.2, 0) is 10.0 Å². The summed E-state index contributed by atoms with van der Waals surface area (Å²) in [4.78, 5) is 0.358. The van der Waals surface area contributed by atoms with Gasteiger partial charge < -0.3 is 5.73 Å². The molecular weight excluding hydrogens is 376 g/mol. The molecule has 0 aliphatic carbocycles. The van der Waals surface area contributed by atoms with Crippen LogP contribution in [-0.4, -0.2) is 31.9 Å². The fourth-order valence-corrected chi connectivity index (χ4v) is 5.07. The summed E-state index contributed by atoms with van der Waals surface area (Å²) >= 11 is 3.34. The van der Waals surface area contributed by atoms with Crippen molar-refractivity contribution in [3.05, 3.63) is 28.2 Å². The second kappa shape index (κ2) is 7.42. The van der Waals surface area contributed by atoms with Gasteiger partial charge in [-0.2, -0.15) is 4.31 Å². The van der Waals surface area contributed by atoms with Crippen LogP contribution in [0.3, 0.4) is 0 Å². The van der Waals surface area contributed by atoms with Gasteiger partial charge in [-0.15, -0.1) is 12.4 Å². The normalized spacial score (nSPS) is 19.0. The highest BCUT2D eigenvalue weighted by molar-refractivity contribution is 9.10. The van der Waals surface area contributed by atoms with Crippen LogP contribution in [0.15, 0.2) is 27.6 Å². The Morgan fingerprint density at radius 1 is 1.33 bits per heavy atom. The highest BCUT2D eigenvalue weighted by Gasteiger charge is 2.31. The van der Waals surface area contributed by atoms with Gasteiger partial charge in [-0.3, -0.25) is 0 Å². The van der Waals surface area contributed by atoms with E-state index >= 15 is 0 Å². The lowest BCUT2D eigenvalue weighted by atomic mass is 9.92. The Labute approximate surface area is 141 Å². The lowest BCUT2D eigenvalue weighted by molar-refractivity contribution is 0.250. The molecule has 7 heteroatoms. The summed E-state index contributed by atoms with van der Waals surface area (Å²) in [6, 6.07) is 5.53. The zero-order valence-corrected chi connectivity index (χ0v) is 15.5. The molecule has 0 amide bonds. The maximum Gasteiger partial charge on any atom is 0.244 e. The first-order valence-corrected chi connectivity index (χ1v) is 9.07. The highest BCUT2D eigenvalue weighted by atomic mass is 79.9. The molecule has 0 bridgehead atoms. The largest absolute Gasteiger partial charge is 0.328 e. The zero-order valence-electron chi connectivity index (χ0n) is 12.3. The molecule has 21 heavy (non-hydrogen) atoms. The van der Waals surface area contributed by atoms with Crippen molar-refractivity contribution in [2.45, 2.75) is 37.6 Å². The van der Waals surface area contributed by atoms with Crippen LogP contribution < -0.4 is 5.73 Å². The van der Waals surface area contributed by atoms with Crippen LogP contribution in [0.5, 0.6) is 0 Å². The summed E-state index contributed by atoms with van der Waals surface area (Å²) in [6.07, 6.45) is 1.67. The van der Waals surface area contributed by atoms with E-state index in [1.165, 1.54) is 0 Å². The number of nitrogens with zero attached hydrogens (tertiary/aromatic N) is 1. The SMILES string of the molecule is Cc1ccc(Br)c(S(=O)(=O)N2CCC(C(C)N)CC2)c1.Cl. The molecule has 0 radical (unpaired) electrons. The molecule has 2 rings (SSSR count). The molecule has 1 atom stereocenters. The van der Waals surface area contributed by atoms with Crippen molar-refractivity contribution in [2.24, 2.45) is 11.7 Å². The maximum absolute atomic E-state index is 12.7. The van der Waals surface area contributed by atoms with Crippen LogP contribution in [0, 0.1) is 12.8 Å². The molecule has 4 nitrogen and oxygen atoms in total. The van der Waals surface area contributed by atoms with E-state index in [-0.39, 0.29) is 18.4 Å². The lowest BCUT2D eigenvalue weighted by Crippen LogP contribution is -2.42. The predicted molar refractivity (Wildman–Crippen MR) is 91.3 cm³/mol. The van der Waals surface area contributed by atoms with Gasteiger partial charge in [-0.25, -0.2) is 8.42 Å². The first-order chi connectivity index (χ1) is 9.32. The summed E-state index contributed by atoms with van der Waals surface area (Å²) in [5.74, 6) is 0.419. The highest BCUT2D eigenvalue weighted by Crippen LogP contribution is 2.29. The van der Waals surface area contributed by atoms with Gasteiger partial charge in [-0.1, -0.05) is 6.07 Å². The predicted octanol–water partition coefficient (Wildman–Crippen LogP) is 2.93. The second-order valence-corrected chi connectivity index (χ2v) is 8.30. The Morgan fingerprint density at radius 3 is 2.43 bits per heavy atom. The topological polar surface area (TPSA) is 63.4 Å². The van der Waals surface area contributed by atoms with Crippen LogP contribution in [0.1, 0.15) is 25.3 Å². The van der Waals surface area contributed by atoms with E-state index in [0.717, 1.165) is 18.4 Å². The van der Waals surface area contributed by atoms with Crippen LogP contribution >= 0.6 is 28.3 Å². The average molecular weight is 398 g/mol. The van der Waals surface area contributed by atoms with E-state index in [9.17, 15) is 8.42 Å². The Bertz CT molecular complexity index is 585. The fourth-order valence-electron chi connectivity index (χ4n) is 2.59. The summed E-state index contributed by atoms with van der Waals surface area (Å²) < 4.78 is 27.6. The van der Waals surface area contributed by atoms with Gasteiger partial charge in [0.2, 0.25) is 10.0 Å². The standard InChI is InChI=1S/C14H21BrN2O2S.ClH/c1-10-3-4-13(15)14(9-10)20(18,19)17-7-5-12(6-8-17)11(2)16;/h3-4,9,11-12H,5-8,16H2,1-2H3;1H. The molecule has 0 aromatic heterocycles. The van der Waals surface area contributed by atoms with Gasteiger partial charge in [0.25, 0.3) is 0 Å². The van der Waals surface area contributed by atoms with Crippen molar-refractivity contribution in [3.8, 4) is 0 Å². The number of benzene rings is 1. The minimum atomic E-state index is -3.42. The molecule has 2 N–H and O–H groups in total. The molecular formula is C14H22BrClN2O2S. The Balaban J connectivity index is 0.00000220. The van der Waals surface area contributed by atoms with E-state index < -0.39 is 10.0 Å². The third-order valence-corrected chi connectivity index (χ3v) is 6.84. The molecule has 1 fully saturated rings. The van der Waals surface area contributed by atoms with Crippen LogP contribution in [0.25, 0.3) is 0 Å². The molecule has 1 heterocycles. The monoisotopic (exact) mass is 396 g/mol. The lowest BCUT2D eigenvalue weighted by Gasteiger charge is -2.33. The summed E-state index contributed by atoms with van der Waals surface area (Å²) in [7, 11) is -3.42. The number of aryl methyl sites for hydroxylation is 1. The number of sulfonamides is 1. The molecule has 1 aliphatic heterocycles. The first-order valence-electron chi connectivity index (χ1n) is 6.84. The van der Waals surface area contributed by atoms with E-state index in [1.807, 2.05) is 19.9 Å². The first kappa shape index (κ1) is 18.9. The average Bonchev–Trinajstić information content (AvgIpc) is 2.41. The molecule has 1 saturated heterocycles. The van der Waals surface area contributed by atoms with E-state index in [1.54, 1.807) is 16.4 Å². The molecule has 1 aromatic carbocycles. The van der Waals surface area contributed by atoms with Crippen molar-refractivity contribution in [3.63, 3.8) is 0 Å². The minimum Gasteiger partial charge on any atom is -0.328 e. The fraction of sp³-hybridized carbons (Fsp3) is 0.571. The zero-order chi connectivity index (χ0) is 14.9. The van der Waals surface area contributed by atoms with Gasteiger partial charge in [0.15, 0.2) is 0 Å². The number of nitrogens with two attached hydrogens (primary N) is 1. The number of hydrogen-bond donors (Lipinski definition) is 1. The van der Waals surface area contributed by atoms with Crippen molar-refractivity contribution in [1.29, 1.82) is 0 Å². The summed E-state index contributed by atoms with van der Waals surface area (Å²) in [5.41, 5.74) is 6.84. The minimum absolute atomic E-state index is 0. The number of halogens is 2. The quantitative estimate of drug-likeness (QED) is 0.853. The third-order valence-electron chi connectivity index (χ3n) is 3.95. The van der Waals surface area contributed by atoms with E-state index in [4.69, 9.17) is 5.73 Å². The van der Waals surface area contributed by atoms with Gasteiger partial charge in [-0.05, 0) is 66.2 Å². The smallest absolute Gasteiger partial charge is 0.244 e. The molecule has 120 valence electrons. The van der Waals surface area contributed by atoms with Crippen molar-refractivity contribution >= 4 is 38.4 Å². The van der Waals surface area contributed by atoms with Gasteiger partial charge in [0.1, 0.15) is 0 Å². The number of piperidine rings is 1. The van der Waals surface area contributed by atoms with Crippen molar-refractivity contribution in [2.75, 3.05) is 13.1 Å². The molecule has 0 saturated carbocycles. The second-order valence-electron chi connectivity index (χ2n) is 5.53. The summed E-state index contributed by atoms with van der Waals surface area (Å²) in [6.45, 7) is 4.99. The van der Waals surface area contributed by atoms with Crippen molar-refractivity contribution < 1.29 is 8.42 Å². The van der Waals surface area contributed by atoms with E-state index in [2.05, 4.69) is 15.9 Å². The summed E-state index contributed by atoms with van der Waals surface area (Å²) in [5, 5.41) is 0. The number of hydrogen-bond acceptors (Lipinski definition) is 3. The Kier molecular flexibility index (Phi) is 6.68. The van der Waals surface area contributed by atoms with E-state index in [0.29, 0.717) is 28.4 Å².